The van der Waals surface area contributed by atoms with Crippen LogP contribution in [-0.2, 0) is 6.54 Å². The van der Waals surface area contributed by atoms with E-state index < -0.39 is 5.91 Å². The number of amides is 1. The first kappa shape index (κ1) is 13.3. The Hall–Kier alpha value is -2.13. The predicted molar refractivity (Wildman–Crippen MR) is 76.7 cm³/mol. The molecule has 1 amide bonds. The van der Waals surface area contributed by atoms with Crippen molar-refractivity contribution in [3.8, 4) is 0 Å². The zero-order chi connectivity index (χ0) is 13.7. The van der Waals surface area contributed by atoms with E-state index >= 15 is 0 Å². The van der Waals surface area contributed by atoms with E-state index in [0.717, 1.165) is 12.1 Å². The number of nitrogens with two attached hydrogens (primary N) is 1. The number of hydrogen-bond acceptors (Lipinski definition) is 2. The van der Waals surface area contributed by atoms with Crippen LogP contribution in [0.2, 0.25) is 0 Å². The second-order valence-electron chi connectivity index (χ2n) is 4.57. The molecule has 2 aromatic carbocycles. The van der Waals surface area contributed by atoms with Crippen molar-refractivity contribution in [1.82, 2.24) is 5.32 Å². The zero-order valence-electron chi connectivity index (χ0n) is 11.0. The average Bonchev–Trinajstić information content (AvgIpc) is 2.46. The van der Waals surface area contributed by atoms with Crippen molar-refractivity contribution in [2.75, 3.05) is 0 Å². The lowest BCUT2D eigenvalue weighted by Crippen LogP contribution is -2.18. The van der Waals surface area contributed by atoms with Gasteiger partial charge < -0.3 is 11.1 Å². The van der Waals surface area contributed by atoms with Gasteiger partial charge in [-0.15, -0.1) is 0 Å². The van der Waals surface area contributed by atoms with Crippen LogP contribution in [0.3, 0.4) is 0 Å². The van der Waals surface area contributed by atoms with E-state index in [2.05, 4.69) is 24.4 Å². The Morgan fingerprint density at radius 1 is 1.11 bits per heavy atom. The standard InChI is InChI=1S/C16H18N2O/c1-12(14-5-3-2-4-6-14)18-11-13-7-9-15(10-8-13)16(17)19/h2-10,12,18H,11H2,1H3,(H2,17,19). The summed E-state index contributed by atoms with van der Waals surface area (Å²) in [4.78, 5) is 11.0. The third-order valence-corrected chi connectivity index (χ3v) is 3.15. The third kappa shape index (κ3) is 3.66. The average molecular weight is 254 g/mol. The molecule has 0 saturated carbocycles. The fourth-order valence-electron chi connectivity index (χ4n) is 1.92. The summed E-state index contributed by atoms with van der Waals surface area (Å²) in [5, 5.41) is 3.45. The molecule has 98 valence electrons. The summed E-state index contributed by atoms with van der Waals surface area (Å²) >= 11 is 0. The SMILES string of the molecule is CC(NCc1ccc(C(N)=O)cc1)c1ccccc1. The van der Waals surface area contributed by atoms with Crippen LogP contribution in [0.4, 0.5) is 0 Å². The Kier molecular flexibility index (Phi) is 4.31. The number of benzene rings is 2. The van der Waals surface area contributed by atoms with Gasteiger partial charge in [-0.3, -0.25) is 4.79 Å². The van der Waals surface area contributed by atoms with Crippen LogP contribution in [0, 0.1) is 0 Å². The second kappa shape index (κ2) is 6.16. The van der Waals surface area contributed by atoms with E-state index in [1.165, 1.54) is 5.56 Å². The van der Waals surface area contributed by atoms with Gasteiger partial charge >= 0.3 is 0 Å². The first-order chi connectivity index (χ1) is 9.16. The first-order valence-electron chi connectivity index (χ1n) is 6.34. The van der Waals surface area contributed by atoms with Crippen LogP contribution in [0.15, 0.2) is 54.6 Å². The molecule has 3 N–H and O–H groups in total. The molecule has 0 aliphatic heterocycles. The minimum absolute atomic E-state index is 0.289. The summed E-state index contributed by atoms with van der Waals surface area (Å²) in [5.74, 6) is -0.392. The van der Waals surface area contributed by atoms with E-state index in [1.54, 1.807) is 12.1 Å². The van der Waals surface area contributed by atoms with Crippen LogP contribution in [-0.4, -0.2) is 5.91 Å². The van der Waals surface area contributed by atoms with E-state index in [4.69, 9.17) is 5.73 Å². The largest absolute Gasteiger partial charge is 0.366 e. The summed E-state index contributed by atoms with van der Waals surface area (Å²) in [6, 6.07) is 17.9. The highest BCUT2D eigenvalue weighted by Crippen LogP contribution is 2.12. The van der Waals surface area contributed by atoms with Crippen molar-refractivity contribution >= 4 is 5.91 Å². The van der Waals surface area contributed by atoms with Crippen LogP contribution in [0.1, 0.15) is 34.5 Å². The number of primary amides is 1. The molecule has 0 heterocycles. The lowest BCUT2D eigenvalue weighted by Gasteiger charge is -2.14. The Morgan fingerprint density at radius 3 is 2.32 bits per heavy atom. The quantitative estimate of drug-likeness (QED) is 0.861. The molecule has 0 saturated heterocycles. The number of nitrogens with one attached hydrogen (secondary N) is 1. The van der Waals surface area contributed by atoms with Crippen molar-refractivity contribution in [3.05, 3.63) is 71.3 Å². The molecule has 3 nitrogen and oxygen atoms in total. The van der Waals surface area contributed by atoms with Gasteiger partial charge in [0.05, 0.1) is 0 Å². The van der Waals surface area contributed by atoms with Crippen molar-refractivity contribution in [2.24, 2.45) is 5.73 Å². The molecule has 19 heavy (non-hydrogen) atoms. The molecule has 0 aliphatic rings. The van der Waals surface area contributed by atoms with E-state index in [9.17, 15) is 4.79 Å². The topological polar surface area (TPSA) is 55.1 Å². The molecule has 0 spiro atoms. The number of carbonyl (C=O) groups excluding carboxylic acids is 1. The predicted octanol–water partition coefficient (Wildman–Crippen LogP) is 2.64. The van der Waals surface area contributed by atoms with Crippen LogP contribution in [0.5, 0.6) is 0 Å². The van der Waals surface area contributed by atoms with Crippen molar-refractivity contribution in [1.29, 1.82) is 0 Å². The summed E-state index contributed by atoms with van der Waals surface area (Å²) in [6.45, 7) is 2.89. The van der Waals surface area contributed by atoms with Gasteiger partial charge in [0.2, 0.25) is 5.91 Å². The van der Waals surface area contributed by atoms with Crippen molar-refractivity contribution in [2.45, 2.75) is 19.5 Å². The lowest BCUT2D eigenvalue weighted by atomic mass is 10.1. The first-order valence-corrected chi connectivity index (χ1v) is 6.34. The molecule has 0 aliphatic carbocycles. The Morgan fingerprint density at radius 2 is 1.74 bits per heavy atom. The van der Waals surface area contributed by atoms with Gasteiger partial charge in [-0.05, 0) is 30.2 Å². The van der Waals surface area contributed by atoms with Gasteiger partial charge in [0, 0.05) is 18.2 Å². The summed E-state index contributed by atoms with van der Waals surface area (Å²) in [6.07, 6.45) is 0. The minimum atomic E-state index is -0.392. The molecule has 1 unspecified atom stereocenters. The van der Waals surface area contributed by atoms with E-state index in [0.29, 0.717) is 5.56 Å². The molecule has 2 rings (SSSR count). The maximum atomic E-state index is 11.0. The highest BCUT2D eigenvalue weighted by atomic mass is 16.1. The molecular weight excluding hydrogens is 236 g/mol. The molecule has 0 radical (unpaired) electrons. The smallest absolute Gasteiger partial charge is 0.248 e. The normalized spacial score (nSPS) is 12.1. The summed E-state index contributed by atoms with van der Waals surface area (Å²) in [7, 11) is 0. The van der Waals surface area contributed by atoms with E-state index in [1.807, 2.05) is 30.3 Å². The maximum Gasteiger partial charge on any atom is 0.248 e. The zero-order valence-corrected chi connectivity index (χ0v) is 11.0. The van der Waals surface area contributed by atoms with Gasteiger partial charge in [0.1, 0.15) is 0 Å². The van der Waals surface area contributed by atoms with Crippen LogP contribution < -0.4 is 11.1 Å². The van der Waals surface area contributed by atoms with Crippen LogP contribution in [0.25, 0.3) is 0 Å². The van der Waals surface area contributed by atoms with Crippen molar-refractivity contribution in [3.63, 3.8) is 0 Å². The monoisotopic (exact) mass is 254 g/mol. The molecule has 0 bridgehead atoms. The maximum absolute atomic E-state index is 11.0. The molecule has 3 heteroatoms. The van der Waals surface area contributed by atoms with Gasteiger partial charge in [-0.25, -0.2) is 0 Å². The van der Waals surface area contributed by atoms with E-state index in [-0.39, 0.29) is 6.04 Å². The lowest BCUT2D eigenvalue weighted by molar-refractivity contribution is 0.100. The Bertz CT molecular complexity index is 534. The highest BCUT2D eigenvalue weighted by Gasteiger charge is 2.04. The second-order valence-corrected chi connectivity index (χ2v) is 4.57. The van der Waals surface area contributed by atoms with Gasteiger partial charge in [0.15, 0.2) is 0 Å². The summed E-state index contributed by atoms with van der Waals surface area (Å²) < 4.78 is 0. The van der Waals surface area contributed by atoms with Crippen molar-refractivity contribution < 1.29 is 4.79 Å². The van der Waals surface area contributed by atoms with Crippen LogP contribution >= 0.6 is 0 Å². The highest BCUT2D eigenvalue weighted by molar-refractivity contribution is 5.92. The number of rotatable bonds is 5. The Labute approximate surface area is 113 Å². The fourth-order valence-corrected chi connectivity index (χ4v) is 1.92. The Balaban J connectivity index is 1.93. The van der Waals surface area contributed by atoms with Gasteiger partial charge in [-0.1, -0.05) is 42.5 Å². The molecule has 1 atom stereocenters. The molecule has 0 fully saturated rings. The minimum Gasteiger partial charge on any atom is -0.366 e. The van der Waals surface area contributed by atoms with Gasteiger partial charge in [-0.2, -0.15) is 0 Å². The van der Waals surface area contributed by atoms with Gasteiger partial charge in [0.25, 0.3) is 0 Å². The molecular formula is C16H18N2O. The molecule has 0 aromatic heterocycles. The third-order valence-electron chi connectivity index (χ3n) is 3.15. The molecule has 2 aromatic rings. The summed E-state index contributed by atoms with van der Waals surface area (Å²) in [5.41, 5.74) is 8.14. The fraction of sp³-hybridized carbons (Fsp3) is 0.188. The number of carbonyl (C=O) groups is 1. The number of hydrogen-bond donors (Lipinski definition) is 2.